The van der Waals surface area contributed by atoms with E-state index in [1.807, 2.05) is 17.6 Å². The molecule has 0 aliphatic carbocycles. The van der Waals surface area contributed by atoms with E-state index in [-0.39, 0.29) is 5.56 Å². The van der Waals surface area contributed by atoms with E-state index in [1.165, 1.54) is 12.8 Å². The summed E-state index contributed by atoms with van der Waals surface area (Å²) in [6, 6.07) is 4.01. The average molecular weight is 250 g/mol. The summed E-state index contributed by atoms with van der Waals surface area (Å²) in [5, 5.41) is 3.29. The van der Waals surface area contributed by atoms with Crippen LogP contribution in [0.15, 0.2) is 16.9 Å². The van der Waals surface area contributed by atoms with E-state index < -0.39 is 0 Å². The molecule has 1 rings (SSSR count). The van der Waals surface area contributed by atoms with Gasteiger partial charge in [0.15, 0.2) is 0 Å². The maximum Gasteiger partial charge on any atom is 0.255 e. The first-order valence-corrected chi connectivity index (χ1v) is 7.10. The van der Waals surface area contributed by atoms with Crippen LogP contribution in [-0.4, -0.2) is 11.1 Å². The maximum atomic E-state index is 12.3. The van der Waals surface area contributed by atoms with E-state index in [4.69, 9.17) is 0 Å². The lowest BCUT2D eigenvalue weighted by atomic mass is 10.2. The molecule has 0 aliphatic heterocycles. The van der Waals surface area contributed by atoms with Gasteiger partial charge in [-0.2, -0.15) is 0 Å². The Hall–Kier alpha value is -1.09. The fourth-order valence-corrected chi connectivity index (χ4v) is 2.05. The van der Waals surface area contributed by atoms with Crippen LogP contribution >= 0.6 is 0 Å². The summed E-state index contributed by atoms with van der Waals surface area (Å²) in [7, 11) is 0. The van der Waals surface area contributed by atoms with E-state index >= 15 is 0 Å². The Morgan fingerprint density at radius 2 is 1.94 bits per heavy atom. The highest BCUT2D eigenvalue weighted by Crippen LogP contribution is 2.02. The number of aryl methyl sites for hydroxylation is 1. The van der Waals surface area contributed by atoms with Gasteiger partial charge in [-0.1, -0.05) is 32.8 Å². The normalized spacial score (nSPS) is 10.8. The Balaban J connectivity index is 2.75. The summed E-state index contributed by atoms with van der Waals surface area (Å²) in [4.78, 5) is 12.3. The lowest BCUT2D eigenvalue weighted by Crippen LogP contribution is -2.28. The number of hydrogen-bond acceptors (Lipinski definition) is 2. The molecule has 3 nitrogen and oxygen atoms in total. The van der Waals surface area contributed by atoms with Gasteiger partial charge in [-0.25, -0.2) is 0 Å². The molecule has 0 radical (unpaired) electrons. The first-order valence-electron chi connectivity index (χ1n) is 7.10. The summed E-state index contributed by atoms with van der Waals surface area (Å²) in [5.74, 6) is 0. The standard InChI is InChI=1S/C15H26N2O/c1-4-6-7-11-17-13(3)8-9-14(15(17)18)12-16-10-5-2/h8-9,16H,4-7,10-12H2,1-3H3. The fourth-order valence-electron chi connectivity index (χ4n) is 2.05. The van der Waals surface area contributed by atoms with Crippen molar-refractivity contribution >= 4 is 0 Å². The highest BCUT2D eigenvalue weighted by molar-refractivity contribution is 5.15. The third-order valence-electron chi connectivity index (χ3n) is 3.20. The summed E-state index contributed by atoms with van der Waals surface area (Å²) < 4.78 is 1.92. The largest absolute Gasteiger partial charge is 0.313 e. The molecular formula is C15H26N2O. The molecule has 18 heavy (non-hydrogen) atoms. The SMILES string of the molecule is CCCCCn1c(C)ccc(CNCCC)c1=O. The third-order valence-corrected chi connectivity index (χ3v) is 3.20. The molecule has 0 saturated carbocycles. The monoisotopic (exact) mass is 250 g/mol. The predicted octanol–water partition coefficient (Wildman–Crippen LogP) is 2.85. The minimum atomic E-state index is 0.176. The van der Waals surface area contributed by atoms with E-state index in [2.05, 4.69) is 25.2 Å². The molecule has 0 fully saturated rings. The van der Waals surface area contributed by atoms with Crippen molar-refractivity contribution in [3.05, 3.63) is 33.7 Å². The van der Waals surface area contributed by atoms with Crippen molar-refractivity contribution < 1.29 is 0 Å². The van der Waals surface area contributed by atoms with Gasteiger partial charge in [-0.15, -0.1) is 0 Å². The Labute approximate surface area is 110 Å². The maximum absolute atomic E-state index is 12.3. The second-order valence-corrected chi connectivity index (χ2v) is 4.84. The van der Waals surface area contributed by atoms with Crippen LogP contribution in [0, 0.1) is 6.92 Å². The number of nitrogens with zero attached hydrogens (tertiary/aromatic N) is 1. The molecule has 0 amide bonds. The van der Waals surface area contributed by atoms with E-state index in [0.29, 0.717) is 6.54 Å². The zero-order valence-corrected chi connectivity index (χ0v) is 12.0. The first-order chi connectivity index (χ1) is 8.70. The molecule has 0 atom stereocenters. The molecule has 1 heterocycles. The number of rotatable bonds is 8. The first kappa shape index (κ1) is 15.0. The van der Waals surface area contributed by atoms with Crippen molar-refractivity contribution in [3.63, 3.8) is 0 Å². The molecule has 1 N–H and O–H groups in total. The van der Waals surface area contributed by atoms with Gasteiger partial charge in [0.05, 0.1) is 0 Å². The molecule has 1 aromatic heterocycles. The van der Waals surface area contributed by atoms with Gasteiger partial charge in [-0.3, -0.25) is 4.79 Å². The average Bonchev–Trinajstić information content (AvgIpc) is 2.36. The highest BCUT2D eigenvalue weighted by Gasteiger charge is 2.05. The number of hydrogen-bond donors (Lipinski definition) is 1. The molecule has 0 aliphatic rings. The molecular weight excluding hydrogens is 224 g/mol. The van der Waals surface area contributed by atoms with Crippen LogP contribution in [0.2, 0.25) is 0 Å². The number of aromatic nitrogens is 1. The van der Waals surface area contributed by atoms with Crippen molar-refractivity contribution in [1.29, 1.82) is 0 Å². The second kappa shape index (κ2) is 8.09. The Morgan fingerprint density at radius 3 is 2.61 bits per heavy atom. The van der Waals surface area contributed by atoms with Gasteiger partial charge < -0.3 is 9.88 Å². The van der Waals surface area contributed by atoms with Gasteiger partial charge in [0, 0.05) is 24.3 Å². The van der Waals surface area contributed by atoms with Crippen molar-refractivity contribution in [2.45, 2.75) is 59.5 Å². The minimum Gasteiger partial charge on any atom is -0.313 e. The Bertz CT molecular complexity index is 409. The van der Waals surface area contributed by atoms with Crippen LogP contribution < -0.4 is 10.9 Å². The van der Waals surface area contributed by atoms with Gasteiger partial charge in [0.1, 0.15) is 0 Å². The van der Waals surface area contributed by atoms with Gasteiger partial charge in [0.2, 0.25) is 0 Å². The molecule has 0 spiro atoms. The van der Waals surface area contributed by atoms with Crippen molar-refractivity contribution in [2.75, 3.05) is 6.54 Å². The number of unbranched alkanes of at least 4 members (excludes halogenated alkanes) is 2. The minimum absolute atomic E-state index is 0.176. The summed E-state index contributed by atoms with van der Waals surface area (Å²) in [6.45, 7) is 8.81. The lowest BCUT2D eigenvalue weighted by molar-refractivity contribution is 0.567. The molecule has 102 valence electrons. The Morgan fingerprint density at radius 1 is 1.17 bits per heavy atom. The highest BCUT2D eigenvalue weighted by atomic mass is 16.1. The van der Waals surface area contributed by atoms with Gasteiger partial charge >= 0.3 is 0 Å². The van der Waals surface area contributed by atoms with E-state index in [9.17, 15) is 4.79 Å². The molecule has 1 aromatic rings. The number of nitrogens with one attached hydrogen (secondary N) is 1. The van der Waals surface area contributed by atoms with Crippen LogP contribution in [0.25, 0.3) is 0 Å². The van der Waals surface area contributed by atoms with Gasteiger partial charge in [-0.05, 0) is 32.4 Å². The van der Waals surface area contributed by atoms with E-state index in [1.54, 1.807) is 0 Å². The van der Waals surface area contributed by atoms with Crippen LogP contribution in [0.1, 0.15) is 50.8 Å². The van der Waals surface area contributed by atoms with Crippen molar-refractivity contribution in [3.8, 4) is 0 Å². The van der Waals surface area contributed by atoms with Crippen LogP contribution in [0.5, 0.6) is 0 Å². The van der Waals surface area contributed by atoms with Gasteiger partial charge in [0.25, 0.3) is 5.56 Å². The summed E-state index contributed by atoms with van der Waals surface area (Å²) in [5.41, 5.74) is 2.12. The second-order valence-electron chi connectivity index (χ2n) is 4.84. The molecule has 0 unspecified atom stereocenters. The van der Waals surface area contributed by atoms with Crippen LogP contribution in [0.3, 0.4) is 0 Å². The summed E-state index contributed by atoms with van der Waals surface area (Å²) >= 11 is 0. The zero-order valence-electron chi connectivity index (χ0n) is 12.0. The topological polar surface area (TPSA) is 34.0 Å². The molecule has 0 aromatic carbocycles. The smallest absolute Gasteiger partial charge is 0.255 e. The van der Waals surface area contributed by atoms with Crippen LogP contribution in [-0.2, 0) is 13.1 Å². The summed E-state index contributed by atoms with van der Waals surface area (Å²) in [6.07, 6.45) is 4.55. The van der Waals surface area contributed by atoms with E-state index in [0.717, 1.165) is 37.2 Å². The van der Waals surface area contributed by atoms with Crippen LogP contribution in [0.4, 0.5) is 0 Å². The van der Waals surface area contributed by atoms with Crippen molar-refractivity contribution in [1.82, 2.24) is 9.88 Å². The third kappa shape index (κ3) is 4.30. The zero-order chi connectivity index (χ0) is 13.4. The molecule has 0 bridgehead atoms. The quantitative estimate of drug-likeness (QED) is 0.720. The fraction of sp³-hybridized carbons (Fsp3) is 0.667. The number of pyridine rings is 1. The Kier molecular flexibility index (Phi) is 6.73. The molecule has 0 saturated heterocycles. The lowest BCUT2D eigenvalue weighted by Gasteiger charge is -2.12. The molecule has 3 heteroatoms. The predicted molar refractivity (Wildman–Crippen MR) is 77.0 cm³/mol. The van der Waals surface area contributed by atoms with Crippen molar-refractivity contribution in [2.24, 2.45) is 0 Å².